The van der Waals surface area contributed by atoms with E-state index in [0.29, 0.717) is 32.0 Å². The highest BCUT2D eigenvalue weighted by molar-refractivity contribution is 5.92. The van der Waals surface area contributed by atoms with Gasteiger partial charge in [-0.25, -0.2) is 4.98 Å². The number of hydrogen-bond donors (Lipinski definition) is 0. The number of aromatic nitrogens is 1. The first-order chi connectivity index (χ1) is 13.4. The molecule has 1 saturated heterocycles. The maximum absolute atomic E-state index is 12.6. The fourth-order valence-corrected chi connectivity index (χ4v) is 2.88. The number of piperazine rings is 1. The number of pyridine rings is 1. The van der Waals surface area contributed by atoms with E-state index < -0.39 is 11.7 Å². The van der Waals surface area contributed by atoms with Gasteiger partial charge >= 0.3 is 6.18 Å². The molecule has 0 N–H and O–H groups in total. The number of benzene rings is 1. The number of anilines is 1. The second-order valence-electron chi connectivity index (χ2n) is 6.32. The quantitative estimate of drug-likeness (QED) is 0.749. The molecule has 0 spiro atoms. The number of carbonyl (C=O) groups excluding carboxylic acids is 1. The first kappa shape index (κ1) is 19.7. The molecular weight excluding hydrogens is 371 g/mol. The third-order valence-electron chi connectivity index (χ3n) is 4.52. The molecule has 2 heterocycles. The normalized spacial score (nSPS) is 15.1. The maximum atomic E-state index is 12.6. The lowest BCUT2D eigenvalue weighted by Gasteiger charge is -2.35. The van der Waals surface area contributed by atoms with Gasteiger partial charge in [-0.05, 0) is 35.9 Å². The average Bonchev–Trinajstić information content (AvgIpc) is 2.72. The summed E-state index contributed by atoms with van der Waals surface area (Å²) in [5.41, 5.74) is 0.121. The molecule has 0 saturated carbocycles. The fraction of sp³-hybridized carbons (Fsp3) is 0.300. The van der Waals surface area contributed by atoms with Crippen molar-refractivity contribution in [1.82, 2.24) is 9.88 Å². The molecule has 148 valence electrons. The van der Waals surface area contributed by atoms with E-state index >= 15 is 0 Å². The molecule has 28 heavy (non-hydrogen) atoms. The first-order valence-electron chi connectivity index (χ1n) is 8.76. The zero-order chi connectivity index (χ0) is 20.1. The summed E-state index contributed by atoms with van der Waals surface area (Å²) >= 11 is 0. The largest absolute Gasteiger partial charge is 0.497 e. The predicted octanol–water partition coefficient (Wildman–Crippen LogP) is 3.47. The van der Waals surface area contributed by atoms with Crippen molar-refractivity contribution in [2.24, 2.45) is 0 Å². The number of rotatable bonds is 4. The maximum Gasteiger partial charge on any atom is 0.417 e. The van der Waals surface area contributed by atoms with Crippen LogP contribution >= 0.6 is 0 Å². The van der Waals surface area contributed by atoms with Gasteiger partial charge < -0.3 is 14.5 Å². The van der Waals surface area contributed by atoms with E-state index in [2.05, 4.69) is 4.98 Å². The Labute approximate surface area is 161 Å². The summed E-state index contributed by atoms with van der Waals surface area (Å²) < 4.78 is 43.0. The highest BCUT2D eigenvalue weighted by Gasteiger charge is 2.31. The molecule has 0 unspecified atom stereocenters. The Morgan fingerprint density at radius 2 is 1.75 bits per heavy atom. The molecule has 1 aliphatic rings. The van der Waals surface area contributed by atoms with Gasteiger partial charge in [0.05, 0.1) is 12.7 Å². The Kier molecular flexibility index (Phi) is 5.87. The van der Waals surface area contributed by atoms with Crippen LogP contribution in [0, 0.1) is 0 Å². The van der Waals surface area contributed by atoms with Crippen molar-refractivity contribution < 1.29 is 22.7 Å². The number of methoxy groups -OCH3 is 1. The van der Waals surface area contributed by atoms with Crippen molar-refractivity contribution in [2.45, 2.75) is 6.18 Å². The van der Waals surface area contributed by atoms with Crippen LogP contribution in [-0.4, -0.2) is 49.1 Å². The van der Waals surface area contributed by atoms with Crippen molar-refractivity contribution in [3.63, 3.8) is 0 Å². The van der Waals surface area contributed by atoms with Crippen LogP contribution in [-0.2, 0) is 11.0 Å². The van der Waals surface area contributed by atoms with Crippen molar-refractivity contribution in [2.75, 3.05) is 38.2 Å². The Bertz CT molecular complexity index is 825. The molecule has 0 radical (unpaired) electrons. The van der Waals surface area contributed by atoms with Gasteiger partial charge in [-0.15, -0.1) is 0 Å². The molecule has 2 aromatic rings. The number of ether oxygens (including phenoxy) is 1. The van der Waals surface area contributed by atoms with Crippen molar-refractivity contribution in [3.05, 3.63) is 59.8 Å². The lowest BCUT2D eigenvalue weighted by Crippen LogP contribution is -2.48. The van der Waals surface area contributed by atoms with Gasteiger partial charge in [0.1, 0.15) is 11.6 Å². The lowest BCUT2D eigenvalue weighted by molar-refractivity contribution is -0.137. The van der Waals surface area contributed by atoms with Gasteiger partial charge in [-0.1, -0.05) is 12.1 Å². The van der Waals surface area contributed by atoms with Gasteiger partial charge in [0.2, 0.25) is 5.91 Å². The minimum absolute atomic E-state index is 0.101. The van der Waals surface area contributed by atoms with Crippen LogP contribution in [0.5, 0.6) is 5.75 Å². The molecule has 0 atom stereocenters. The van der Waals surface area contributed by atoms with Crippen LogP contribution in [0.2, 0.25) is 0 Å². The summed E-state index contributed by atoms with van der Waals surface area (Å²) in [7, 11) is 1.59. The molecule has 1 aliphatic heterocycles. The molecule has 0 aliphatic carbocycles. The smallest absolute Gasteiger partial charge is 0.417 e. The van der Waals surface area contributed by atoms with Gasteiger partial charge in [0.15, 0.2) is 0 Å². The molecular formula is C20H20F3N3O2. The Morgan fingerprint density at radius 3 is 2.29 bits per heavy atom. The third-order valence-corrected chi connectivity index (χ3v) is 4.52. The van der Waals surface area contributed by atoms with Crippen molar-refractivity contribution in [3.8, 4) is 5.75 Å². The number of carbonyl (C=O) groups is 1. The zero-order valence-electron chi connectivity index (χ0n) is 15.3. The summed E-state index contributed by atoms with van der Waals surface area (Å²) in [5, 5.41) is 0. The summed E-state index contributed by atoms with van der Waals surface area (Å²) in [6.45, 7) is 1.99. The monoisotopic (exact) mass is 391 g/mol. The van der Waals surface area contributed by atoms with Crippen LogP contribution < -0.4 is 9.64 Å². The predicted molar refractivity (Wildman–Crippen MR) is 100 cm³/mol. The van der Waals surface area contributed by atoms with E-state index in [1.54, 1.807) is 18.1 Å². The number of nitrogens with zero attached hydrogens (tertiary/aromatic N) is 3. The average molecular weight is 391 g/mol. The fourth-order valence-electron chi connectivity index (χ4n) is 2.88. The van der Waals surface area contributed by atoms with Crippen LogP contribution in [0.1, 0.15) is 11.1 Å². The van der Waals surface area contributed by atoms with E-state index in [4.69, 9.17) is 4.74 Å². The van der Waals surface area contributed by atoms with E-state index in [1.165, 1.54) is 12.1 Å². The lowest BCUT2D eigenvalue weighted by atomic mass is 10.2. The second-order valence-corrected chi connectivity index (χ2v) is 6.32. The Morgan fingerprint density at radius 1 is 1.07 bits per heavy atom. The standard InChI is InChI=1S/C20H20F3N3O2/c1-28-17-6-2-15(3-7-17)4-9-19(27)26-12-10-25(11-13-26)18-8-5-16(14-24-18)20(21,22)23/h2-9,14H,10-13H2,1H3/b9-4+. The van der Waals surface area contributed by atoms with Gasteiger partial charge in [0.25, 0.3) is 0 Å². The van der Waals surface area contributed by atoms with Gasteiger partial charge in [-0.2, -0.15) is 13.2 Å². The van der Waals surface area contributed by atoms with Crippen LogP contribution in [0.15, 0.2) is 48.7 Å². The number of hydrogen-bond acceptors (Lipinski definition) is 4. The summed E-state index contributed by atoms with van der Waals surface area (Å²) in [6, 6.07) is 9.74. The number of halogens is 3. The summed E-state index contributed by atoms with van der Waals surface area (Å²) in [4.78, 5) is 19.8. The molecule has 1 aromatic heterocycles. The first-order valence-corrected chi connectivity index (χ1v) is 8.76. The van der Waals surface area contributed by atoms with E-state index in [-0.39, 0.29) is 5.91 Å². The Balaban J connectivity index is 1.54. The minimum Gasteiger partial charge on any atom is -0.497 e. The molecule has 1 fully saturated rings. The number of amides is 1. The molecule has 1 amide bonds. The van der Waals surface area contributed by atoms with Crippen LogP contribution in [0.3, 0.4) is 0 Å². The van der Waals surface area contributed by atoms with Crippen LogP contribution in [0.4, 0.5) is 19.0 Å². The van der Waals surface area contributed by atoms with Gasteiger partial charge in [0, 0.05) is 38.5 Å². The van der Waals surface area contributed by atoms with E-state index in [9.17, 15) is 18.0 Å². The summed E-state index contributed by atoms with van der Waals surface area (Å²) in [6.07, 6.45) is -0.295. The number of alkyl halides is 3. The highest BCUT2D eigenvalue weighted by Crippen LogP contribution is 2.29. The van der Waals surface area contributed by atoms with E-state index in [1.807, 2.05) is 29.2 Å². The molecule has 5 nitrogen and oxygen atoms in total. The second kappa shape index (κ2) is 8.33. The molecule has 8 heteroatoms. The molecule has 0 bridgehead atoms. The topological polar surface area (TPSA) is 45.7 Å². The molecule has 1 aromatic carbocycles. The Hall–Kier alpha value is -3.03. The van der Waals surface area contributed by atoms with Crippen molar-refractivity contribution in [1.29, 1.82) is 0 Å². The van der Waals surface area contributed by atoms with Crippen LogP contribution in [0.25, 0.3) is 6.08 Å². The third kappa shape index (κ3) is 4.82. The highest BCUT2D eigenvalue weighted by atomic mass is 19.4. The van der Waals surface area contributed by atoms with Crippen molar-refractivity contribution >= 4 is 17.8 Å². The van der Waals surface area contributed by atoms with E-state index in [0.717, 1.165) is 23.6 Å². The SMILES string of the molecule is COc1ccc(/C=C/C(=O)N2CCN(c3ccc(C(F)(F)F)cn3)CC2)cc1. The molecule has 3 rings (SSSR count). The zero-order valence-corrected chi connectivity index (χ0v) is 15.3. The minimum atomic E-state index is -4.40. The summed E-state index contributed by atoms with van der Waals surface area (Å²) in [5.74, 6) is 1.13. The van der Waals surface area contributed by atoms with Gasteiger partial charge in [-0.3, -0.25) is 4.79 Å².